The lowest BCUT2D eigenvalue weighted by Gasteiger charge is -2.43. The highest BCUT2D eigenvalue weighted by molar-refractivity contribution is 9.10. The number of hydrogen-bond donors (Lipinski definition) is 0. The van der Waals surface area contributed by atoms with Gasteiger partial charge in [0.1, 0.15) is 11.4 Å². The van der Waals surface area contributed by atoms with Gasteiger partial charge in [0.15, 0.2) is 0 Å². The molecule has 4 heteroatoms. The van der Waals surface area contributed by atoms with Crippen LogP contribution in [0.4, 0.5) is 5.69 Å². The van der Waals surface area contributed by atoms with Gasteiger partial charge in [-0.1, -0.05) is 0 Å². The molecule has 0 radical (unpaired) electrons. The van der Waals surface area contributed by atoms with Crippen LogP contribution in [0.25, 0.3) is 0 Å². The second-order valence-corrected chi connectivity index (χ2v) is 6.35. The van der Waals surface area contributed by atoms with Crippen molar-refractivity contribution < 1.29 is 4.74 Å². The summed E-state index contributed by atoms with van der Waals surface area (Å²) in [6.07, 6.45) is 0. The molecule has 0 fully saturated rings. The molecule has 1 aromatic carbocycles. The molecule has 0 bridgehead atoms. The fourth-order valence-electron chi connectivity index (χ4n) is 2.25. The molecule has 18 heavy (non-hydrogen) atoms. The Bertz CT molecular complexity index is 517. The maximum absolute atomic E-state index is 9.03. The zero-order valence-electron chi connectivity index (χ0n) is 11.1. The molecule has 0 aliphatic carbocycles. The summed E-state index contributed by atoms with van der Waals surface area (Å²) in [5.74, 6) is 0.783. The van der Waals surface area contributed by atoms with E-state index in [0.29, 0.717) is 11.6 Å². The summed E-state index contributed by atoms with van der Waals surface area (Å²) in [5, 5.41) is 9.03. The van der Waals surface area contributed by atoms with E-state index in [0.717, 1.165) is 22.5 Å². The first kappa shape index (κ1) is 13.2. The number of anilines is 1. The van der Waals surface area contributed by atoms with Crippen molar-refractivity contribution in [2.24, 2.45) is 0 Å². The predicted molar refractivity (Wildman–Crippen MR) is 76.0 cm³/mol. The Morgan fingerprint density at radius 1 is 1.44 bits per heavy atom. The maximum Gasteiger partial charge on any atom is 0.146 e. The third-order valence-electron chi connectivity index (χ3n) is 3.01. The van der Waals surface area contributed by atoms with E-state index >= 15 is 0 Å². The van der Waals surface area contributed by atoms with Crippen LogP contribution in [0.15, 0.2) is 16.6 Å². The van der Waals surface area contributed by atoms with E-state index < -0.39 is 0 Å². The fourth-order valence-corrected chi connectivity index (χ4v) is 2.92. The summed E-state index contributed by atoms with van der Waals surface area (Å²) in [6.45, 7) is 9.30. The van der Waals surface area contributed by atoms with Crippen LogP contribution in [0.5, 0.6) is 5.75 Å². The summed E-state index contributed by atoms with van der Waals surface area (Å²) in [5.41, 5.74) is 1.41. The SMILES string of the molecule is CC(C)N1CC(C)(C)Oc2cc(C#N)cc(Br)c21. The van der Waals surface area contributed by atoms with Crippen molar-refractivity contribution >= 4 is 21.6 Å². The van der Waals surface area contributed by atoms with Crippen LogP contribution in [0.1, 0.15) is 33.3 Å². The Morgan fingerprint density at radius 3 is 2.67 bits per heavy atom. The number of ether oxygens (including phenoxy) is 1. The molecule has 1 aromatic rings. The molecular formula is C14H17BrN2O. The van der Waals surface area contributed by atoms with Gasteiger partial charge in [-0.25, -0.2) is 0 Å². The lowest BCUT2D eigenvalue weighted by atomic mass is 10.0. The zero-order valence-corrected chi connectivity index (χ0v) is 12.7. The van der Waals surface area contributed by atoms with Crippen LogP contribution >= 0.6 is 15.9 Å². The van der Waals surface area contributed by atoms with Gasteiger partial charge in [0.25, 0.3) is 0 Å². The number of nitriles is 1. The van der Waals surface area contributed by atoms with Gasteiger partial charge in [0.2, 0.25) is 0 Å². The first-order valence-electron chi connectivity index (χ1n) is 6.03. The standard InChI is InChI=1S/C14H17BrN2O/c1-9(2)17-8-14(3,4)18-12-6-10(7-16)5-11(15)13(12)17/h5-6,9H,8H2,1-4H3. The molecule has 1 heterocycles. The Labute approximate surface area is 116 Å². The molecule has 96 valence electrons. The Kier molecular flexibility index (Phi) is 3.29. The molecule has 1 aliphatic heterocycles. The number of halogens is 1. The van der Waals surface area contributed by atoms with Crippen molar-refractivity contribution in [1.29, 1.82) is 5.26 Å². The van der Waals surface area contributed by atoms with Gasteiger partial charge in [-0.3, -0.25) is 0 Å². The maximum atomic E-state index is 9.03. The van der Waals surface area contributed by atoms with Crippen molar-refractivity contribution in [3.05, 3.63) is 22.2 Å². The first-order chi connectivity index (χ1) is 8.34. The Morgan fingerprint density at radius 2 is 2.11 bits per heavy atom. The fraction of sp³-hybridized carbons (Fsp3) is 0.500. The molecule has 2 rings (SSSR count). The van der Waals surface area contributed by atoms with Crippen LogP contribution in [0.3, 0.4) is 0 Å². The summed E-state index contributed by atoms with van der Waals surface area (Å²) >= 11 is 3.55. The third-order valence-corrected chi connectivity index (χ3v) is 3.61. The molecule has 0 atom stereocenters. The van der Waals surface area contributed by atoms with E-state index in [1.807, 2.05) is 12.1 Å². The quantitative estimate of drug-likeness (QED) is 0.793. The van der Waals surface area contributed by atoms with E-state index in [1.54, 1.807) is 0 Å². The summed E-state index contributed by atoms with van der Waals surface area (Å²) in [4.78, 5) is 2.31. The molecule has 0 aromatic heterocycles. The second kappa shape index (κ2) is 4.47. The first-order valence-corrected chi connectivity index (χ1v) is 6.82. The van der Waals surface area contributed by atoms with Gasteiger partial charge in [-0.05, 0) is 49.7 Å². The van der Waals surface area contributed by atoms with Gasteiger partial charge in [-0.2, -0.15) is 5.26 Å². The Balaban J connectivity index is 2.60. The topological polar surface area (TPSA) is 36.3 Å². The lowest BCUT2D eigenvalue weighted by Crippen LogP contribution is -2.49. The summed E-state index contributed by atoms with van der Waals surface area (Å²) < 4.78 is 6.92. The van der Waals surface area contributed by atoms with E-state index in [2.05, 4.69) is 54.6 Å². The highest BCUT2D eigenvalue weighted by Crippen LogP contribution is 2.43. The summed E-state index contributed by atoms with van der Waals surface area (Å²) in [7, 11) is 0. The molecule has 0 spiro atoms. The van der Waals surface area contributed by atoms with Gasteiger partial charge in [-0.15, -0.1) is 0 Å². The molecule has 0 amide bonds. The van der Waals surface area contributed by atoms with Crippen molar-refractivity contribution in [2.75, 3.05) is 11.4 Å². The van der Waals surface area contributed by atoms with Crippen molar-refractivity contribution in [1.82, 2.24) is 0 Å². The number of hydrogen-bond acceptors (Lipinski definition) is 3. The van der Waals surface area contributed by atoms with E-state index in [-0.39, 0.29) is 5.60 Å². The van der Waals surface area contributed by atoms with Gasteiger partial charge < -0.3 is 9.64 Å². The van der Waals surface area contributed by atoms with E-state index in [1.165, 1.54) is 0 Å². The minimum Gasteiger partial charge on any atom is -0.484 e. The second-order valence-electron chi connectivity index (χ2n) is 5.50. The van der Waals surface area contributed by atoms with Crippen LogP contribution in [0, 0.1) is 11.3 Å². The number of rotatable bonds is 1. The van der Waals surface area contributed by atoms with Gasteiger partial charge in [0, 0.05) is 16.6 Å². The van der Waals surface area contributed by atoms with Crippen molar-refractivity contribution in [3.63, 3.8) is 0 Å². The van der Waals surface area contributed by atoms with Crippen LogP contribution in [-0.4, -0.2) is 18.2 Å². The lowest BCUT2D eigenvalue weighted by molar-refractivity contribution is 0.102. The minimum atomic E-state index is -0.245. The molecule has 1 aliphatic rings. The number of nitrogens with zero attached hydrogens (tertiary/aromatic N) is 2. The molecule has 3 nitrogen and oxygen atoms in total. The van der Waals surface area contributed by atoms with Gasteiger partial charge in [0.05, 0.1) is 23.9 Å². The average Bonchev–Trinajstić information content (AvgIpc) is 2.25. The predicted octanol–water partition coefficient (Wildman–Crippen LogP) is 3.71. The number of benzene rings is 1. The molecule has 0 N–H and O–H groups in total. The third kappa shape index (κ3) is 2.32. The van der Waals surface area contributed by atoms with Gasteiger partial charge >= 0.3 is 0 Å². The van der Waals surface area contributed by atoms with Crippen LogP contribution in [-0.2, 0) is 0 Å². The summed E-state index contributed by atoms with van der Waals surface area (Å²) in [6, 6.07) is 6.21. The minimum absolute atomic E-state index is 0.245. The largest absolute Gasteiger partial charge is 0.484 e. The monoisotopic (exact) mass is 308 g/mol. The molecular weight excluding hydrogens is 292 g/mol. The molecule has 0 saturated heterocycles. The zero-order chi connectivity index (χ0) is 13.5. The normalized spacial score (nSPS) is 17.1. The van der Waals surface area contributed by atoms with Crippen molar-refractivity contribution in [3.8, 4) is 11.8 Å². The Hall–Kier alpha value is -1.21. The molecule has 0 saturated carbocycles. The molecule has 0 unspecified atom stereocenters. The highest BCUT2D eigenvalue weighted by Gasteiger charge is 2.34. The smallest absolute Gasteiger partial charge is 0.146 e. The number of fused-ring (bicyclic) bond motifs is 1. The van der Waals surface area contributed by atoms with Crippen molar-refractivity contribution in [2.45, 2.75) is 39.3 Å². The average molecular weight is 309 g/mol. The van der Waals surface area contributed by atoms with E-state index in [4.69, 9.17) is 10.00 Å². The van der Waals surface area contributed by atoms with E-state index in [9.17, 15) is 0 Å². The van der Waals surface area contributed by atoms with Crippen LogP contribution < -0.4 is 9.64 Å². The highest BCUT2D eigenvalue weighted by atomic mass is 79.9. The van der Waals surface area contributed by atoms with Crippen LogP contribution in [0.2, 0.25) is 0 Å².